The molecule has 1 aromatic heterocycles. The van der Waals surface area contributed by atoms with Gasteiger partial charge in [-0.2, -0.15) is 0 Å². The van der Waals surface area contributed by atoms with Gasteiger partial charge in [0.05, 0.1) is 6.54 Å². The molecule has 0 saturated carbocycles. The number of rotatable bonds is 2. The molecule has 0 atom stereocenters. The van der Waals surface area contributed by atoms with Gasteiger partial charge in [-0.15, -0.1) is 0 Å². The molecule has 84 valence electrons. The monoisotopic (exact) mass is 222 g/mol. The molecule has 0 fully saturated rings. The molecule has 1 aromatic rings. The Bertz CT molecular complexity index is 445. The van der Waals surface area contributed by atoms with E-state index >= 15 is 0 Å². The lowest BCUT2D eigenvalue weighted by molar-refractivity contribution is 0.0690. The summed E-state index contributed by atoms with van der Waals surface area (Å²) in [5.74, 6) is -0.771. The number of halogens is 1. The van der Waals surface area contributed by atoms with Crippen LogP contribution in [0.5, 0.6) is 0 Å². The Hall–Kier alpha value is -1.91. The number of nitrogens with zero attached hydrogens (tertiary/aromatic N) is 2. The Kier molecular flexibility index (Phi) is 2.85. The van der Waals surface area contributed by atoms with Crippen LogP contribution in [-0.2, 0) is 0 Å². The van der Waals surface area contributed by atoms with Crippen LogP contribution in [0.2, 0.25) is 0 Å². The highest BCUT2D eigenvalue weighted by Gasteiger charge is 2.15. The first kappa shape index (κ1) is 10.6. The van der Waals surface area contributed by atoms with Crippen molar-refractivity contribution < 1.29 is 14.3 Å². The number of anilines is 1. The lowest BCUT2D eigenvalue weighted by atomic mass is 10.2. The van der Waals surface area contributed by atoms with Crippen LogP contribution in [0.3, 0.4) is 0 Å². The van der Waals surface area contributed by atoms with Gasteiger partial charge in [-0.1, -0.05) is 6.07 Å². The molecule has 1 aliphatic heterocycles. The fourth-order valence-electron chi connectivity index (χ4n) is 1.62. The van der Waals surface area contributed by atoms with E-state index in [1.54, 1.807) is 17.0 Å². The summed E-state index contributed by atoms with van der Waals surface area (Å²) in [5.41, 5.74) is -0.0209. The molecule has 0 amide bonds. The normalized spacial score (nSPS) is 15.8. The first-order valence-corrected chi connectivity index (χ1v) is 4.96. The van der Waals surface area contributed by atoms with Crippen LogP contribution in [0.1, 0.15) is 16.9 Å². The Labute approximate surface area is 92.0 Å². The van der Waals surface area contributed by atoms with Crippen LogP contribution in [0.4, 0.5) is 10.2 Å². The summed E-state index contributed by atoms with van der Waals surface area (Å²) >= 11 is 0. The third-order valence-corrected chi connectivity index (χ3v) is 2.38. The quantitative estimate of drug-likeness (QED) is 0.829. The number of aromatic nitrogens is 1. The van der Waals surface area contributed by atoms with Gasteiger partial charge in [0.15, 0.2) is 5.69 Å². The lowest BCUT2D eigenvalue weighted by Crippen LogP contribution is -2.29. The molecular formula is C11H11FN2O2. The van der Waals surface area contributed by atoms with Gasteiger partial charge in [-0.3, -0.25) is 0 Å². The van der Waals surface area contributed by atoms with Crippen molar-refractivity contribution in [3.8, 4) is 0 Å². The second kappa shape index (κ2) is 4.30. The number of aromatic carboxylic acids is 1. The predicted octanol–water partition coefficient (Wildman–Crippen LogP) is 1.84. The summed E-state index contributed by atoms with van der Waals surface area (Å²) in [4.78, 5) is 16.4. The molecule has 16 heavy (non-hydrogen) atoms. The van der Waals surface area contributed by atoms with Gasteiger partial charge in [0.1, 0.15) is 11.6 Å². The van der Waals surface area contributed by atoms with Crippen molar-refractivity contribution >= 4 is 11.8 Å². The van der Waals surface area contributed by atoms with Gasteiger partial charge in [0.2, 0.25) is 0 Å². The number of hydrogen-bond donors (Lipinski definition) is 1. The van der Waals surface area contributed by atoms with Gasteiger partial charge in [0.25, 0.3) is 0 Å². The van der Waals surface area contributed by atoms with Crippen molar-refractivity contribution in [1.29, 1.82) is 0 Å². The van der Waals surface area contributed by atoms with Gasteiger partial charge < -0.3 is 10.0 Å². The highest BCUT2D eigenvalue weighted by molar-refractivity contribution is 5.85. The highest BCUT2D eigenvalue weighted by atomic mass is 19.1. The van der Waals surface area contributed by atoms with Gasteiger partial charge in [-0.05, 0) is 24.6 Å². The van der Waals surface area contributed by atoms with Crippen molar-refractivity contribution in [2.24, 2.45) is 0 Å². The van der Waals surface area contributed by atoms with E-state index in [1.807, 2.05) is 0 Å². The fourth-order valence-corrected chi connectivity index (χ4v) is 1.62. The van der Waals surface area contributed by atoms with E-state index in [0.29, 0.717) is 18.8 Å². The zero-order valence-electron chi connectivity index (χ0n) is 8.56. The zero-order valence-corrected chi connectivity index (χ0v) is 8.56. The fraction of sp³-hybridized carbons (Fsp3) is 0.273. The van der Waals surface area contributed by atoms with Crippen LogP contribution in [-0.4, -0.2) is 29.1 Å². The predicted molar refractivity (Wildman–Crippen MR) is 57.2 cm³/mol. The molecule has 0 spiro atoms. The number of hydrogen-bond acceptors (Lipinski definition) is 3. The number of pyridine rings is 1. The largest absolute Gasteiger partial charge is 0.477 e. The molecule has 2 heterocycles. The molecule has 1 N–H and O–H groups in total. The van der Waals surface area contributed by atoms with Crippen molar-refractivity contribution in [3.63, 3.8) is 0 Å². The van der Waals surface area contributed by atoms with Crippen LogP contribution >= 0.6 is 0 Å². The minimum absolute atomic E-state index is 0.0209. The topological polar surface area (TPSA) is 53.4 Å². The first-order valence-electron chi connectivity index (χ1n) is 4.96. The van der Waals surface area contributed by atoms with E-state index in [4.69, 9.17) is 5.11 Å². The molecule has 0 aliphatic carbocycles. The third-order valence-electron chi connectivity index (χ3n) is 2.38. The average molecular weight is 222 g/mol. The molecule has 0 bridgehead atoms. The SMILES string of the molecule is O=C(O)c1cccc(N2CCC=C(F)C2)n1. The molecule has 0 radical (unpaired) electrons. The maximum Gasteiger partial charge on any atom is 0.354 e. The summed E-state index contributed by atoms with van der Waals surface area (Å²) in [5, 5.41) is 8.79. The minimum Gasteiger partial charge on any atom is -0.477 e. The summed E-state index contributed by atoms with van der Waals surface area (Å²) in [6, 6.07) is 4.72. The first-order chi connectivity index (χ1) is 7.66. The van der Waals surface area contributed by atoms with Crippen molar-refractivity contribution in [2.45, 2.75) is 6.42 Å². The summed E-state index contributed by atoms with van der Waals surface area (Å²) in [7, 11) is 0. The van der Waals surface area contributed by atoms with Gasteiger partial charge in [0, 0.05) is 6.54 Å². The second-order valence-electron chi connectivity index (χ2n) is 3.55. The van der Waals surface area contributed by atoms with Crippen molar-refractivity contribution in [2.75, 3.05) is 18.0 Å². The third kappa shape index (κ3) is 2.18. The van der Waals surface area contributed by atoms with Crippen LogP contribution in [0, 0.1) is 0 Å². The van der Waals surface area contributed by atoms with Gasteiger partial charge in [-0.25, -0.2) is 14.2 Å². The zero-order chi connectivity index (χ0) is 11.5. The smallest absolute Gasteiger partial charge is 0.354 e. The van der Waals surface area contributed by atoms with E-state index in [1.165, 1.54) is 12.1 Å². The molecule has 5 heteroatoms. The summed E-state index contributed by atoms with van der Waals surface area (Å²) in [6.45, 7) is 0.819. The maximum absolute atomic E-state index is 13.1. The van der Waals surface area contributed by atoms with E-state index in [-0.39, 0.29) is 18.1 Å². The molecule has 2 rings (SSSR count). The molecule has 0 unspecified atom stereocenters. The minimum atomic E-state index is -1.07. The Morgan fingerprint density at radius 2 is 2.31 bits per heavy atom. The maximum atomic E-state index is 13.1. The number of carboxylic acids is 1. The molecule has 0 saturated heterocycles. The molecule has 4 nitrogen and oxygen atoms in total. The van der Waals surface area contributed by atoms with Gasteiger partial charge >= 0.3 is 5.97 Å². The Balaban J connectivity index is 2.24. The molecule has 1 aliphatic rings. The number of carbonyl (C=O) groups is 1. The van der Waals surface area contributed by atoms with Crippen LogP contribution in [0.25, 0.3) is 0 Å². The van der Waals surface area contributed by atoms with Crippen molar-refractivity contribution in [3.05, 3.63) is 35.8 Å². The van der Waals surface area contributed by atoms with E-state index in [2.05, 4.69) is 4.98 Å². The second-order valence-corrected chi connectivity index (χ2v) is 3.55. The Morgan fingerprint density at radius 1 is 1.50 bits per heavy atom. The van der Waals surface area contributed by atoms with E-state index < -0.39 is 5.97 Å². The van der Waals surface area contributed by atoms with Crippen LogP contribution in [0.15, 0.2) is 30.1 Å². The Morgan fingerprint density at radius 3 is 3.00 bits per heavy atom. The standard InChI is InChI=1S/C11H11FN2O2/c12-8-3-2-6-14(7-8)10-5-1-4-9(13-10)11(15)16/h1,3-5H,2,6-7H2,(H,15,16). The molecule has 0 aromatic carbocycles. The van der Waals surface area contributed by atoms with Crippen LogP contribution < -0.4 is 4.90 Å². The lowest BCUT2D eigenvalue weighted by Gasteiger charge is -2.25. The summed E-state index contributed by atoms with van der Waals surface area (Å²) < 4.78 is 13.1. The van der Waals surface area contributed by atoms with Crippen molar-refractivity contribution in [1.82, 2.24) is 4.98 Å². The van der Waals surface area contributed by atoms with E-state index in [0.717, 1.165) is 0 Å². The van der Waals surface area contributed by atoms with E-state index in [9.17, 15) is 9.18 Å². The molecular weight excluding hydrogens is 211 g/mol. The highest BCUT2D eigenvalue weighted by Crippen LogP contribution is 2.18. The average Bonchev–Trinajstić information content (AvgIpc) is 2.29. The summed E-state index contributed by atoms with van der Waals surface area (Å²) in [6.07, 6.45) is 2.16. The number of carboxylic acid groups (broad SMARTS) is 1.